The molecule has 4 aromatic rings. The van der Waals surface area contributed by atoms with Crippen LogP contribution in [0.3, 0.4) is 0 Å². The van der Waals surface area contributed by atoms with Gasteiger partial charge in [-0.05, 0) is 98.8 Å². The fourth-order valence-electron chi connectivity index (χ4n) is 4.61. The molecule has 0 aromatic heterocycles. The molecule has 1 aliphatic rings. The van der Waals surface area contributed by atoms with Gasteiger partial charge in [0.1, 0.15) is 23.2 Å². The SMILES string of the molecule is C1CCOC1.C=C(N)Nc1ccc(CC(C)=O)cc1.C=C(NC(=O)c1ccccc1)Nc1ccc(CC(C)=O)cc1.CC(=O)Cc1ccc(N)cc1.[Na+].[OH-]. The standard InChI is InChI=1S/C18H18N2O2.C11H14N2O.C9H11NO.C4H8O.Na.H2O/c1-13(21)12-15-8-10-17(11-9-15)19-14(2)20-18(22)16-6-4-3-5-7-16;1-8(14)7-10-3-5-11(6-4-10)13-9(2)12;1-7(11)6-8-2-4-9(10)5-3-8;1-2-4-5-3-1;;/h3-11,19H,2,12H2,1H3,(H,20,22);3-6,13H,2,7,12H2,1H3;2-5H,6,10H2,1H3;1-4H2;;1H2/q;;;;+1;/p-1. The third kappa shape index (κ3) is 22.8. The molecular weight excluding hydrogens is 693 g/mol. The topological polar surface area (TPSA) is 196 Å². The van der Waals surface area contributed by atoms with E-state index in [0.29, 0.717) is 36.5 Å². The van der Waals surface area contributed by atoms with E-state index in [1.165, 1.54) is 12.8 Å². The van der Waals surface area contributed by atoms with Crippen molar-refractivity contribution in [3.05, 3.63) is 150 Å². The third-order valence-corrected chi connectivity index (χ3v) is 6.97. The van der Waals surface area contributed by atoms with Crippen LogP contribution in [0.4, 0.5) is 17.1 Å². The number of carbonyl (C=O) groups excluding carboxylic acids is 4. The molecular formula is C42H52N5NaO6. The number of nitrogens with one attached hydrogen (secondary N) is 3. The van der Waals surface area contributed by atoms with Crippen molar-refractivity contribution in [2.45, 2.75) is 52.9 Å². The van der Waals surface area contributed by atoms with Crippen LogP contribution in [0.2, 0.25) is 0 Å². The fraction of sp³-hybridized carbons (Fsp3) is 0.238. The number of hydrogen-bond donors (Lipinski definition) is 5. The van der Waals surface area contributed by atoms with Gasteiger partial charge in [-0.3, -0.25) is 19.2 Å². The van der Waals surface area contributed by atoms with Crippen molar-refractivity contribution in [1.82, 2.24) is 5.32 Å². The smallest absolute Gasteiger partial charge is 0.870 e. The summed E-state index contributed by atoms with van der Waals surface area (Å²) >= 11 is 0. The molecule has 0 spiro atoms. The molecule has 11 nitrogen and oxygen atoms in total. The van der Waals surface area contributed by atoms with E-state index < -0.39 is 0 Å². The van der Waals surface area contributed by atoms with Crippen LogP contribution >= 0.6 is 0 Å². The molecule has 0 unspecified atom stereocenters. The van der Waals surface area contributed by atoms with Gasteiger partial charge in [-0.15, -0.1) is 0 Å². The van der Waals surface area contributed by atoms with Gasteiger partial charge in [-0.1, -0.05) is 67.8 Å². The number of benzene rings is 4. The zero-order valence-electron chi connectivity index (χ0n) is 31.8. The van der Waals surface area contributed by atoms with E-state index in [2.05, 4.69) is 29.1 Å². The Labute approximate surface area is 341 Å². The Balaban J connectivity index is 0.000000756. The van der Waals surface area contributed by atoms with Crippen LogP contribution < -0.4 is 57.0 Å². The van der Waals surface area contributed by atoms with Crippen molar-refractivity contribution >= 4 is 40.3 Å². The Morgan fingerprint density at radius 1 is 0.630 bits per heavy atom. The number of amides is 1. The van der Waals surface area contributed by atoms with E-state index in [-0.39, 0.29) is 58.3 Å². The summed E-state index contributed by atoms with van der Waals surface area (Å²) in [5.41, 5.74) is 16.8. The number of carbonyl (C=O) groups is 4. The first-order valence-corrected chi connectivity index (χ1v) is 16.9. The zero-order valence-corrected chi connectivity index (χ0v) is 33.8. The number of ether oxygens (including phenoxy) is 1. The fourth-order valence-corrected chi connectivity index (χ4v) is 4.61. The van der Waals surface area contributed by atoms with Gasteiger partial charge in [0.15, 0.2) is 0 Å². The molecule has 0 saturated carbocycles. The second kappa shape index (κ2) is 27.5. The quantitative estimate of drug-likeness (QED) is 0.105. The summed E-state index contributed by atoms with van der Waals surface area (Å²) in [5.74, 6) is 1.05. The summed E-state index contributed by atoms with van der Waals surface area (Å²) in [7, 11) is 0. The summed E-state index contributed by atoms with van der Waals surface area (Å²) in [5, 5.41) is 8.59. The van der Waals surface area contributed by atoms with Crippen LogP contribution in [-0.4, -0.2) is 41.9 Å². The number of ketones is 3. The van der Waals surface area contributed by atoms with Gasteiger partial charge in [0.25, 0.3) is 5.91 Å². The third-order valence-electron chi connectivity index (χ3n) is 6.97. The van der Waals surface area contributed by atoms with E-state index in [4.69, 9.17) is 16.2 Å². The first kappa shape index (κ1) is 49.0. The summed E-state index contributed by atoms with van der Waals surface area (Å²) < 4.78 is 4.94. The van der Waals surface area contributed by atoms with Crippen LogP contribution in [0.15, 0.2) is 128 Å². The number of hydrogen-bond acceptors (Lipinski definition) is 10. The Hall–Kier alpha value is -5.04. The van der Waals surface area contributed by atoms with Crippen molar-refractivity contribution in [3.8, 4) is 0 Å². The summed E-state index contributed by atoms with van der Waals surface area (Å²) in [6.45, 7) is 14.0. The molecule has 0 aliphatic carbocycles. The maximum atomic E-state index is 12.0. The van der Waals surface area contributed by atoms with Gasteiger partial charge in [-0.2, -0.15) is 0 Å². The number of nitrogens with two attached hydrogens (primary N) is 2. The summed E-state index contributed by atoms with van der Waals surface area (Å²) in [4.78, 5) is 44.5. The van der Waals surface area contributed by atoms with Gasteiger partial charge < -0.3 is 37.6 Å². The monoisotopic (exact) mass is 745 g/mol. The first-order valence-electron chi connectivity index (χ1n) is 16.9. The van der Waals surface area contributed by atoms with Gasteiger partial charge in [0.05, 0.1) is 5.82 Å². The van der Waals surface area contributed by atoms with Crippen molar-refractivity contribution in [2.24, 2.45) is 5.73 Å². The molecule has 1 saturated heterocycles. The largest absolute Gasteiger partial charge is 1.00 e. The van der Waals surface area contributed by atoms with Crippen molar-refractivity contribution in [1.29, 1.82) is 0 Å². The zero-order chi connectivity index (χ0) is 38.3. The molecule has 282 valence electrons. The minimum Gasteiger partial charge on any atom is -0.870 e. The van der Waals surface area contributed by atoms with E-state index >= 15 is 0 Å². The molecule has 12 heteroatoms. The van der Waals surface area contributed by atoms with Gasteiger partial charge >= 0.3 is 29.6 Å². The van der Waals surface area contributed by atoms with E-state index in [9.17, 15) is 19.2 Å². The number of anilines is 3. The van der Waals surface area contributed by atoms with Crippen LogP contribution in [0.1, 0.15) is 60.7 Å². The van der Waals surface area contributed by atoms with Crippen molar-refractivity contribution in [2.75, 3.05) is 29.6 Å². The summed E-state index contributed by atoms with van der Waals surface area (Å²) in [6.07, 6.45) is 3.95. The number of nitrogen functional groups attached to an aromatic ring is 1. The Morgan fingerprint density at radius 3 is 1.37 bits per heavy atom. The Bertz CT molecular complexity index is 1700. The molecule has 4 aromatic carbocycles. The first-order chi connectivity index (χ1) is 24.8. The second-order valence-corrected chi connectivity index (χ2v) is 12.2. The van der Waals surface area contributed by atoms with E-state index in [0.717, 1.165) is 47.0 Å². The van der Waals surface area contributed by atoms with Gasteiger partial charge in [0.2, 0.25) is 0 Å². The molecule has 0 bridgehead atoms. The summed E-state index contributed by atoms with van der Waals surface area (Å²) in [6, 6.07) is 31.3. The van der Waals surface area contributed by atoms with Gasteiger partial charge in [-0.25, -0.2) is 0 Å². The molecule has 1 fully saturated rings. The predicted octanol–water partition coefficient (Wildman–Crippen LogP) is 3.82. The predicted molar refractivity (Wildman–Crippen MR) is 213 cm³/mol. The maximum absolute atomic E-state index is 12.0. The maximum Gasteiger partial charge on any atom is 1.00 e. The molecule has 0 atom stereocenters. The second-order valence-electron chi connectivity index (χ2n) is 12.2. The van der Waals surface area contributed by atoms with Crippen LogP contribution in [0, 0.1) is 0 Å². The van der Waals surface area contributed by atoms with Crippen molar-refractivity contribution < 1.29 is 58.9 Å². The number of Topliss-reactive ketones (excluding diaryl/α,β-unsaturated/α-hetero) is 3. The normalized spacial score (nSPS) is 10.6. The van der Waals surface area contributed by atoms with Crippen molar-refractivity contribution in [3.63, 3.8) is 0 Å². The molecule has 1 heterocycles. The van der Waals surface area contributed by atoms with Gasteiger partial charge in [0, 0.05) is 55.1 Å². The average Bonchev–Trinajstić information content (AvgIpc) is 3.69. The Kier molecular flexibility index (Phi) is 25.0. The van der Waals surface area contributed by atoms with Crippen LogP contribution in [-0.2, 0) is 38.4 Å². The molecule has 1 amide bonds. The van der Waals surface area contributed by atoms with E-state index in [1.807, 2.05) is 66.7 Å². The number of rotatable bonds is 12. The molecule has 5 rings (SSSR count). The minimum absolute atomic E-state index is 0. The molecule has 0 radical (unpaired) electrons. The Morgan fingerprint density at radius 2 is 1.02 bits per heavy atom. The van der Waals surface area contributed by atoms with Crippen LogP contribution in [0.25, 0.3) is 0 Å². The molecule has 8 N–H and O–H groups in total. The molecule has 54 heavy (non-hydrogen) atoms. The molecule has 1 aliphatic heterocycles. The average molecular weight is 746 g/mol. The van der Waals surface area contributed by atoms with Crippen LogP contribution in [0.5, 0.6) is 0 Å². The van der Waals surface area contributed by atoms with E-state index in [1.54, 1.807) is 57.2 Å². The minimum atomic E-state index is -0.216.